The monoisotopic (exact) mass is 353 g/mol. The van der Waals surface area contributed by atoms with Gasteiger partial charge in [0.2, 0.25) is 0 Å². The van der Waals surface area contributed by atoms with Crippen molar-refractivity contribution in [3.63, 3.8) is 0 Å². The van der Waals surface area contributed by atoms with E-state index in [-0.39, 0.29) is 18.1 Å². The highest BCUT2D eigenvalue weighted by atomic mass is 16.5. The first kappa shape index (κ1) is 16.5. The molecule has 1 aromatic heterocycles. The largest absolute Gasteiger partial charge is 0.488 e. The summed E-state index contributed by atoms with van der Waals surface area (Å²) in [6.07, 6.45) is 1.47. The number of nitrogens with one attached hydrogen (secondary N) is 1. The minimum Gasteiger partial charge on any atom is -0.488 e. The third kappa shape index (κ3) is 3.25. The maximum absolute atomic E-state index is 12.9. The van der Waals surface area contributed by atoms with Gasteiger partial charge in [0.15, 0.2) is 0 Å². The Balaban J connectivity index is 1.54. The Morgan fingerprint density at radius 3 is 3.04 bits per heavy atom. The summed E-state index contributed by atoms with van der Waals surface area (Å²) in [5.74, 6) is 1.24. The van der Waals surface area contributed by atoms with E-state index < -0.39 is 6.10 Å². The molecule has 1 saturated heterocycles. The lowest BCUT2D eigenvalue weighted by Crippen LogP contribution is -2.44. The number of nitrogens with zero attached hydrogens (tertiary/aromatic N) is 2. The van der Waals surface area contributed by atoms with Gasteiger partial charge in [-0.05, 0) is 19.1 Å². The standard InChI is InChI=1S/C19H19N3O4/c1-12-20-15(9-18(23)21-12)17-10-22(6-7-25-17)19(24)14-8-13-4-2-3-5-16(13)26-11-14/h2-5,8-9,17H,6-7,10-11H2,1H3,(H,20,21,23)/t17-/m1/s1. The Morgan fingerprint density at radius 2 is 2.19 bits per heavy atom. The second-order valence-electron chi connectivity index (χ2n) is 6.36. The van der Waals surface area contributed by atoms with Crippen LogP contribution in [0, 0.1) is 6.92 Å². The normalized spacial score (nSPS) is 19.3. The molecular formula is C19H19N3O4. The van der Waals surface area contributed by atoms with Crippen LogP contribution in [0.2, 0.25) is 0 Å². The topological polar surface area (TPSA) is 84.5 Å². The highest BCUT2D eigenvalue weighted by Gasteiger charge is 2.29. The van der Waals surface area contributed by atoms with Crippen LogP contribution in [0.4, 0.5) is 0 Å². The molecule has 1 fully saturated rings. The summed E-state index contributed by atoms with van der Waals surface area (Å²) in [5.41, 5.74) is 1.83. The number of hydrogen-bond donors (Lipinski definition) is 1. The summed E-state index contributed by atoms with van der Waals surface area (Å²) in [6, 6.07) is 9.05. The molecule has 26 heavy (non-hydrogen) atoms. The molecule has 7 nitrogen and oxygen atoms in total. The highest BCUT2D eigenvalue weighted by molar-refractivity contribution is 5.99. The molecule has 0 radical (unpaired) electrons. The van der Waals surface area contributed by atoms with E-state index in [4.69, 9.17) is 9.47 Å². The number of fused-ring (bicyclic) bond motifs is 1. The molecule has 0 aliphatic carbocycles. The maximum atomic E-state index is 12.9. The summed E-state index contributed by atoms with van der Waals surface area (Å²) in [5, 5.41) is 0. The summed E-state index contributed by atoms with van der Waals surface area (Å²) >= 11 is 0. The van der Waals surface area contributed by atoms with Gasteiger partial charge in [-0.3, -0.25) is 9.59 Å². The van der Waals surface area contributed by atoms with E-state index >= 15 is 0 Å². The van der Waals surface area contributed by atoms with Crippen LogP contribution >= 0.6 is 0 Å². The van der Waals surface area contributed by atoms with Crippen molar-refractivity contribution in [3.8, 4) is 5.75 Å². The number of carbonyl (C=O) groups is 1. The first-order valence-electron chi connectivity index (χ1n) is 8.51. The van der Waals surface area contributed by atoms with Gasteiger partial charge in [-0.1, -0.05) is 18.2 Å². The van der Waals surface area contributed by atoms with Crippen LogP contribution in [-0.2, 0) is 9.53 Å². The predicted octanol–water partition coefficient (Wildman–Crippen LogP) is 1.45. The van der Waals surface area contributed by atoms with Gasteiger partial charge in [0, 0.05) is 18.2 Å². The van der Waals surface area contributed by atoms with Crippen LogP contribution in [-0.4, -0.2) is 47.1 Å². The van der Waals surface area contributed by atoms with Crippen molar-refractivity contribution in [1.82, 2.24) is 14.9 Å². The third-order valence-electron chi connectivity index (χ3n) is 4.47. The van der Waals surface area contributed by atoms with Gasteiger partial charge in [-0.2, -0.15) is 0 Å². The van der Waals surface area contributed by atoms with E-state index in [0.717, 1.165) is 11.3 Å². The molecule has 0 unspecified atom stereocenters. The van der Waals surface area contributed by atoms with E-state index in [1.165, 1.54) is 6.07 Å². The molecule has 1 N–H and O–H groups in total. The number of rotatable bonds is 2. The van der Waals surface area contributed by atoms with Crippen LogP contribution in [0.1, 0.15) is 23.2 Å². The Bertz CT molecular complexity index is 934. The quantitative estimate of drug-likeness (QED) is 0.883. The smallest absolute Gasteiger partial charge is 0.253 e. The minimum absolute atomic E-state index is 0.0747. The van der Waals surface area contributed by atoms with Crippen molar-refractivity contribution in [2.75, 3.05) is 26.3 Å². The number of benzene rings is 1. The number of para-hydroxylation sites is 1. The molecule has 7 heteroatoms. The molecule has 134 valence electrons. The fraction of sp³-hybridized carbons (Fsp3) is 0.316. The van der Waals surface area contributed by atoms with Crippen LogP contribution in [0.3, 0.4) is 0 Å². The average molecular weight is 353 g/mol. The maximum Gasteiger partial charge on any atom is 0.253 e. The van der Waals surface area contributed by atoms with Gasteiger partial charge in [0.05, 0.1) is 24.4 Å². The van der Waals surface area contributed by atoms with Crippen molar-refractivity contribution >= 4 is 12.0 Å². The average Bonchev–Trinajstić information content (AvgIpc) is 2.66. The number of hydrogen-bond acceptors (Lipinski definition) is 5. The van der Waals surface area contributed by atoms with Gasteiger partial charge in [-0.25, -0.2) is 4.98 Å². The molecule has 2 aliphatic rings. The Morgan fingerprint density at radius 1 is 1.35 bits per heavy atom. The lowest BCUT2D eigenvalue weighted by Gasteiger charge is -2.33. The molecule has 0 saturated carbocycles. The molecule has 1 atom stereocenters. The van der Waals surface area contributed by atoms with Crippen molar-refractivity contribution in [3.05, 3.63) is 63.3 Å². The molecule has 2 aromatic rings. The molecule has 1 amide bonds. The predicted molar refractivity (Wildman–Crippen MR) is 94.8 cm³/mol. The molecule has 2 aliphatic heterocycles. The number of ether oxygens (including phenoxy) is 2. The van der Waals surface area contributed by atoms with Gasteiger partial charge >= 0.3 is 0 Å². The van der Waals surface area contributed by atoms with Crippen molar-refractivity contribution in [1.29, 1.82) is 0 Å². The molecule has 3 heterocycles. The fourth-order valence-electron chi connectivity index (χ4n) is 3.22. The number of H-pyrrole nitrogens is 1. The van der Waals surface area contributed by atoms with Crippen molar-refractivity contribution in [2.45, 2.75) is 13.0 Å². The summed E-state index contributed by atoms with van der Waals surface area (Å²) in [4.78, 5) is 33.3. The van der Waals surface area contributed by atoms with Crippen molar-refractivity contribution < 1.29 is 14.3 Å². The zero-order valence-electron chi connectivity index (χ0n) is 14.4. The molecule has 0 spiro atoms. The third-order valence-corrected chi connectivity index (χ3v) is 4.47. The highest BCUT2D eigenvalue weighted by Crippen LogP contribution is 2.27. The van der Waals surface area contributed by atoms with E-state index in [1.54, 1.807) is 11.8 Å². The zero-order chi connectivity index (χ0) is 18.1. The Labute approximate surface area is 150 Å². The first-order chi connectivity index (χ1) is 12.6. The summed E-state index contributed by atoms with van der Waals surface area (Å²) in [6.45, 7) is 3.22. The number of aromatic nitrogens is 2. The van der Waals surface area contributed by atoms with Crippen LogP contribution in [0.5, 0.6) is 5.75 Å². The van der Waals surface area contributed by atoms with E-state index in [2.05, 4.69) is 9.97 Å². The number of morpholine rings is 1. The summed E-state index contributed by atoms with van der Waals surface area (Å²) in [7, 11) is 0. The second kappa shape index (κ2) is 6.76. The molecule has 0 bridgehead atoms. The minimum atomic E-state index is -0.411. The SMILES string of the molecule is Cc1nc([C@H]2CN(C(=O)C3=Cc4ccccc4OC3)CCO2)cc(=O)[nH]1. The number of amides is 1. The number of aromatic amines is 1. The number of aryl methyl sites for hydroxylation is 1. The van der Waals surface area contributed by atoms with Gasteiger partial charge in [0.25, 0.3) is 11.5 Å². The number of carbonyl (C=O) groups excluding carboxylic acids is 1. The van der Waals surface area contributed by atoms with Crippen molar-refractivity contribution in [2.24, 2.45) is 0 Å². The van der Waals surface area contributed by atoms with Crippen LogP contribution in [0.15, 0.2) is 40.7 Å². The van der Waals surface area contributed by atoms with Gasteiger partial charge in [0.1, 0.15) is 24.3 Å². The Hall–Kier alpha value is -2.93. The molecule has 1 aromatic carbocycles. The van der Waals surface area contributed by atoms with Crippen LogP contribution < -0.4 is 10.3 Å². The molecular weight excluding hydrogens is 334 g/mol. The zero-order valence-corrected chi connectivity index (χ0v) is 14.4. The van der Waals surface area contributed by atoms with Crippen LogP contribution in [0.25, 0.3) is 6.08 Å². The second-order valence-corrected chi connectivity index (χ2v) is 6.36. The summed E-state index contributed by atoms with van der Waals surface area (Å²) < 4.78 is 11.4. The fourth-order valence-corrected chi connectivity index (χ4v) is 3.22. The lowest BCUT2D eigenvalue weighted by molar-refractivity contribution is -0.135. The Kier molecular flexibility index (Phi) is 4.30. The first-order valence-corrected chi connectivity index (χ1v) is 8.51. The van der Waals surface area contributed by atoms with Gasteiger partial charge < -0.3 is 19.4 Å². The van der Waals surface area contributed by atoms with E-state index in [1.807, 2.05) is 30.3 Å². The van der Waals surface area contributed by atoms with E-state index in [0.29, 0.717) is 36.8 Å². The lowest BCUT2D eigenvalue weighted by atomic mass is 10.1. The van der Waals surface area contributed by atoms with Gasteiger partial charge in [-0.15, -0.1) is 0 Å². The molecule has 4 rings (SSSR count). The van der Waals surface area contributed by atoms with E-state index in [9.17, 15) is 9.59 Å².